The van der Waals surface area contributed by atoms with Gasteiger partial charge in [0.05, 0.1) is 12.8 Å². The van der Waals surface area contributed by atoms with Crippen molar-refractivity contribution in [2.75, 3.05) is 7.11 Å². The minimum Gasteiger partial charge on any atom is -0.497 e. The van der Waals surface area contributed by atoms with Crippen LogP contribution in [0.2, 0.25) is 0 Å². The molecule has 0 aliphatic rings. The van der Waals surface area contributed by atoms with E-state index in [0.29, 0.717) is 5.82 Å². The highest BCUT2D eigenvalue weighted by molar-refractivity contribution is 5.55. The van der Waals surface area contributed by atoms with Crippen LogP contribution in [0.4, 0.5) is 0 Å². The molecule has 0 amide bonds. The van der Waals surface area contributed by atoms with E-state index in [1.807, 2.05) is 48.5 Å². The van der Waals surface area contributed by atoms with Gasteiger partial charge in [0.15, 0.2) is 0 Å². The van der Waals surface area contributed by atoms with Crippen molar-refractivity contribution in [3.05, 3.63) is 60.7 Å². The first-order valence-corrected chi connectivity index (χ1v) is 6.47. The van der Waals surface area contributed by atoms with Gasteiger partial charge < -0.3 is 4.74 Å². The lowest BCUT2D eigenvalue weighted by Crippen LogP contribution is -1.98. The third-order valence-corrected chi connectivity index (χ3v) is 3.12. The highest BCUT2D eigenvalue weighted by atomic mass is 16.5. The molecule has 0 bridgehead atoms. The van der Waals surface area contributed by atoms with Crippen molar-refractivity contribution in [1.82, 2.24) is 20.2 Å². The molecule has 0 saturated carbocycles. The molecule has 1 aromatic heterocycles. The summed E-state index contributed by atoms with van der Waals surface area (Å²) in [7, 11) is 1.64. The molecule has 0 radical (unpaired) electrons. The fourth-order valence-corrected chi connectivity index (χ4v) is 1.92. The van der Waals surface area contributed by atoms with Crippen LogP contribution in [-0.2, 0) is 0 Å². The lowest BCUT2D eigenvalue weighted by atomic mass is 10.2. The van der Waals surface area contributed by atoms with Gasteiger partial charge in [-0.1, -0.05) is 24.8 Å². The van der Waals surface area contributed by atoms with Gasteiger partial charge in [-0.15, -0.1) is 15.0 Å². The molecule has 5 heteroatoms. The van der Waals surface area contributed by atoms with Gasteiger partial charge in [0.25, 0.3) is 0 Å². The van der Waals surface area contributed by atoms with Crippen LogP contribution in [0.5, 0.6) is 5.75 Å². The van der Waals surface area contributed by atoms with Crippen molar-refractivity contribution in [3.8, 4) is 22.8 Å². The Bertz CT molecular complexity index is 745. The molecule has 21 heavy (non-hydrogen) atoms. The van der Waals surface area contributed by atoms with E-state index in [9.17, 15) is 0 Å². The molecule has 0 unspecified atom stereocenters. The average Bonchev–Trinajstić information content (AvgIpc) is 3.05. The highest BCUT2D eigenvalue weighted by Gasteiger charge is 2.07. The molecule has 3 rings (SSSR count). The Hall–Kier alpha value is -2.95. The number of hydrogen-bond acceptors (Lipinski definition) is 4. The first kappa shape index (κ1) is 13.1. The number of tetrazole rings is 1. The zero-order chi connectivity index (χ0) is 14.7. The van der Waals surface area contributed by atoms with Crippen LogP contribution in [0.25, 0.3) is 23.2 Å². The summed E-state index contributed by atoms with van der Waals surface area (Å²) in [6, 6.07) is 15.3. The molecule has 104 valence electrons. The Morgan fingerprint density at radius 3 is 2.38 bits per heavy atom. The summed E-state index contributed by atoms with van der Waals surface area (Å²) >= 11 is 0. The number of benzene rings is 2. The molecule has 0 saturated heterocycles. The van der Waals surface area contributed by atoms with Gasteiger partial charge in [-0.25, -0.2) is 0 Å². The molecular formula is C16H14N4O. The quantitative estimate of drug-likeness (QED) is 0.736. The second kappa shape index (κ2) is 5.58. The van der Waals surface area contributed by atoms with Crippen LogP contribution in [0.15, 0.2) is 55.1 Å². The number of hydrogen-bond donors (Lipinski definition) is 0. The first-order valence-electron chi connectivity index (χ1n) is 6.47. The van der Waals surface area contributed by atoms with Crippen LogP contribution in [0.1, 0.15) is 5.56 Å². The summed E-state index contributed by atoms with van der Waals surface area (Å²) in [4.78, 5) is 1.51. The molecule has 0 atom stereocenters. The fraction of sp³-hybridized carbons (Fsp3) is 0.0625. The Kier molecular flexibility index (Phi) is 3.47. The zero-order valence-corrected chi connectivity index (χ0v) is 11.6. The van der Waals surface area contributed by atoms with E-state index in [2.05, 4.69) is 22.0 Å². The molecule has 2 aromatic carbocycles. The standard InChI is InChI=1S/C16H14N4O/c1-3-12-4-8-14(9-5-12)20-18-16(17-19-20)13-6-10-15(21-2)11-7-13/h3-11H,1H2,2H3. The van der Waals surface area contributed by atoms with E-state index in [1.165, 1.54) is 4.80 Å². The lowest BCUT2D eigenvalue weighted by Gasteiger charge is -2.00. The molecule has 0 aliphatic heterocycles. The number of aromatic nitrogens is 4. The molecule has 1 heterocycles. The van der Waals surface area contributed by atoms with E-state index < -0.39 is 0 Å². The molecule has 0 spiro atoms. The summed E-state index contributed by atoms with van der Waals surface area (Å²) in [5, 5.41) is 12.6. The van der Waals surface area contributed by atoms with Crippen LogP contribution in [0, 0.1) is 0 Å². The topological polar surface area (TPSA) is 52.8 Å². The second-order valence-corrected chi connectivity index (χ2v) is 4.43. The smallest absolute Gasteiger partial charge is 0.205 e. The van der Waals surface area contributed by atoms with Crippen LogP contribution in [-0.4, -0.2) is 27.3 Å². The van der Waals surface area contributed by atoms with Crippen molar-refractivity contribution in [1.29, 1.82) is 0 Å². The van der Waals surface area contributed by atoms with E-state index in [1.54, 1.807) is 13.2 Å². The average molecular weight is 278 g/mol. The number of methoxy groups -OCH3 is 1. The predicted octanol–water partition coefficient (Wildman–Crippen LogP) is 2.98. The van der Waals surface area contributed by atoms with Gasteiger partial charge in [0.1, 0.15) is 5.75 Å². The summed E-state index contributed by atoms with van der Waals surface area (Å²) < 4.78 is 5.13. The largest absolute Gasteiger partial charge is 0.497 e. The summed E-state index contributed by atoms with van der Waals surface area (Å²) in [6.45, 7) is 3.73. The zero-order valence-electron chi connectivity index (χ0n) is 11.6. The second-order valence-electron chi connectivity index (χ2n) is 4.43. The maximum Gasteiger partial charge on any atom is 0.205 e. The van der Waals surface area contributed by atoms with Crippen molar-refractivity contribution >= 4 is 6.08 Å². The summed E-state index contributed by atoms with van der Waals surface area (Å²) in [6.07, 6.45) is 1.79. The van der Waals surface area contributed by atoms with Gasteiger partial charge in [0.2, 0.25) is 5.82 Å². The van der Waals surface area contributed by atoms with Gasteiger partial charge in [-0.2, -0.15) is 0 Å². The SMILES string of the molecule is C=Cc1ccc(-n2nnc(-c3ccc(OC)cc3)n2)cc1. The van der Waals surface area contributed by atoms with Crippen LogP contribution in [0.3, 0.4) is 0 Å². The Balaban J connectivity index is 1.89. The number of rotatable bonds is 4. The maximum atomic E-state index is 5.13. The van der Waals surface area contributed by atoms with Gasteiger partial charge in [-0.05, 0) is 47.2 Å². The monoisotopic (exact) mass is 278 g/mol. The normalized spacial score (nSPS) is 10.3. The number of nitrogens with zero attached hydrogens (tertiary/aromatic N) is 4. The van der Waals surface area contributed by atoms with Gasteiger partial charge in [-0.3, -0.25) is 0 Å². The third kappa shape index (κ3) is 2.67. The first-order chi connectivity index (χ1) is 10.3. The van der Waals surface area contributed by atoms with E-state index in [4.69, 9.17) is 4.74 Å². The van der Waals surface area contributed by atoms with Crippen molar-refractivity contribution in [2.24, 2.45) is 0 Å². The highest BCUT2D eigenvalue weighted by Crippen LogP contribution is 2.19. The Labute approximate surface area is 122 Å². The maximum absolute atomic E-state index is 5.13. The van der Waals surface area contributed by atoms with Crippen molar-refractivity contribution in [2.45, 2.75) is 0 Å². The Morgan fingerprint density at radius 1 is 1.05 bits per heavy atom. The molecule has 0 aliphatic carbocycles. The number of ether oxygens (including phenoxy) is 1. The van der Waals surface area contributed by atoms with Gasteiger partial charge >= 0.3 is 0 Å². The minimum absolute atomic E-state index is 0.574. The molecular weight excluding hydrogens is 264 g/mol. The van der Waals surface area contributed by atoms with E-state index in [0.717, 1.165) is 22.6 Å². The van der Waals surface area contributed by atoms with E-state index in [-0.39, 0.29) is 0 Å². The third-order valence-electron chi connectivity index (χ3n) is 3.12. The van der Waals surface area contributed by atoms with Crippen molar-refractivity contribution in [3.63, 3.8) is 0 Å². The van der Waals surface area contributed by atoms with Crippen molar-refractivity contribution < 1.29 is 4.74 Å². The lowest BCUT2D eigenvalue weighted by molar-refractivity contribution is 0.415. The molecule has 0 fully saturated rings. The molecule has 3 aromatic rings. The van der Waals surface area contributed by atoms with Crippen LogP contribution < -0.4 is 4.74 Å². The molecule has 0 N–H and O–H groups in total. The van der Waals surface area contributed by atoms with Gasteiger partial charge in [0, 0.05) is 5.56 Å². The summed E-state index contributed by atoms with van der Waals surface area (Å²) in [5.74, 6) is 1.37. The fourth-order valence-electron chi connectivity index (χ4n) is 1.92. The Morgan fingerprint density at radius 2 is 1.76 bits per heavy atom. The molecule has 5 nitrogen and oxygen atoms in total. The van der Waals surface area contributed by atoms with E-state index >= 15 is 0 Å². The van der Waals surface area contributed by atoms with Crippen LogP contribution >= 0.6 is 0 Å². The minimum atomic E-state index is 0.574. The summed E-state index contributed by atoms with van der Waals surface area (Å²) in [5.41, 5.74) is 2.80. The predicted molar refractivity (Wildman–Crippen MR) is 81.2 cm³/mol.